The molecular weight excluding hydrogens is 533 g/mol. The van der Waals surface area contributed by atoms with Gasteiger partial charge in [0.05, 0.1) is 19.1 Å². The Morgan fingerprint density at radius 1 is 0.975 bits per heavy atom. The molecule has 2 amide bonds. The molecule has 8 nitrogen and oxygen atoms in total. The summed E-state index contributed by atoms with van der Waals surface area (Å²) < 4.78 is 46.3. The molecule has 0 saturated carbocycles. The van der Waals surface area contributed by atoms with E-state index in [1.165, 1.54) is 30.2 Å². The van der Waals surface area contributed by atoms with Gasteiger partial charge in [-0.05, 0) is 48.7 Å². The van der Waals surface area contributed by atoms with Crippen molar-refractivity contribution in [1.82, 2.24) is 10.2 Å². The first-order chi connectivity index (χ1) is 19.0. The molecule has 3 rings (SSSR count). The Morgan fingerprint density at radius 2 is 1.62 bits per heavy atom. The van der Waals surface area contributed by atoms with E-state index in [2.05, 4.69) is 5.32 Å². The number of nitrogens with one attached hydrogen (secondary N) is 1. The molecular formula is C30H36FN3O5S. The number of ether oxygens (including phenoxy) is 1. The number of rotatable bonds is 13. The highest BCUT2D eigenvalue weighted by Crippen LogP contribution is 2.23. The van der Waals surface area contributed by atoms with Gasteiger partial charge < -0.3 is 15.0 Å². The summed E-state index contributed by atoms with van der Waals surface area (Å²) in [5.74, 6) is -1.24. The fourth-order valence-corrected chi connectivity index (χ4v) is 5.06. The summed E-state index contributed by atoms with van der Waals surface area (Å²) in [5, 5.41) is 2.97. The van der Waals surface area contributed by atoms with Gasteiger partial charge in [0.2, 0.25) is 21.8 Å². The van der Waals surface area contributed by atoms with Crippen molar-refractivity contribution in [2.75, 3.05) is 24.2 Å². The van der Waals surface area contributed by atoms with Crippen LogP contribution in [0.3, 0.4) is 0 Å². The van der Waals surface area contributed by atoms with Crippen LogP contribution in [0.15, 0.2) is 78.9 Å². The van der Waals surface area contributed by atoms with E-state index >= 15 is 0 Å². The molecule has 0 aliphatic heterocycles. The molecule has 40 heavy (non-hydrogen) atoms. The van der Waals surface area contributed by atoms with E-state index in [1.54, 1.807) is 24.3 Å². The number of sulfonamides is 1. The number of amides is 2. The van der Waals surface area contributed by atoms with E-state index in [9.17, 15) is 22.4 Å². The zero-order chi connectivity index (χ0) is 29.3. The monoisotopic (exact) mass is 569 g/mol. The highest BCUT2D eigenvalue weighted by molar-refractivity contribution is 7.92. The van der Waals surface area contributed by atoms with Gasteiger partial charge in [0.15, 0.2) is 0 Å². The number of halogens is 1. The second kappa shape index (κ2) is 13.9. The number of hydrogen-bond acceptors (Lipinski definition) is 5. The van der Waals surface area contributed by atoms with Crippen molar-refractivity contribution in [2.45, 2.75) is 45.3 Å². The second-order valence-corrected chi connectivity index (χ2v) is 11.5. The number of methoxy groups -OCH3 is 1. The molecule has 0 aliphatic rings. The van der Waals surface area contributed by atoms with Crippen LogP contribution in [0.1, 0.15) is 31.4 Å². The molecule has 0 spiro atoms. The van der Waals surface area contributed by atoms with Crippen molar-refractivity contribution in [3.05, 3.63) is 95.8 Å². The normalized spacial score (nSPS) is 12.7. The van der Waals surface area contributed by atoms with E-state index in [0.29, 0.717) is 17.7 Å². The summed E-state index contributed by atoms with van der Waals surface area (Å²) in [4.78, 5) is 29.0. The van der Waals surface area contributed by atoms with Crippen LogP contribution in [0.4, 0.5) is 10.1 Å². The summed E-state index contributed by atoms with van der Waals surface area (Å²) >= 11 is 0. The fraction of sp³-hybridized carbons (Fsp3) is 0.333. The maximum atomic E-state index is 14.7. The van der Waals surface area contributed by atoms with Crippen LogP contribution in [0, 0.1) is 5.82 Å². The Labute approximate surface area is 235 Å². The molecule has 0 aliphatic carbocycles. The lowest BCUT2D eigenvalue weighted by Gasteiger charge is -2.34. The third kappa shape index (κ3) is 8.29. The van der Waals surface area contributed by atoms with E-state index in [4.69, 9.17) is 4.74 Å². The molecule has 3 aromatic carbocycles. The molecule has 0 fully saturated rings. The van der Waals surface area contributed by atoms with Crippen LogP contribution in [0.5, 0.6) is 5.75 Å². The molecule has 2 unspecified atom stereocenters. The number of nitrogens with zero attached hydrogens (tertiary/aromatic N) is 2. The van der Waals surface area contributed by atoms with Crippen LogP contribution >= 0.6 is 0 Å². The van der Waals surface area contributed by atoms with Gasteiger partial charge in [-0.3, -0.25) is 13.9 Å². The van der Waals surface area contributed by atoms with Crippen molar-refractivity contribution >= 4 is 27.5 Å². The average Bonchev–Trinajstić information content (AvgIpc) is 2.93. The van der Waals surface area contributed by atoms with Crippen molar-refractivity contribution in [3.63, 3.8) is 0 Å². The number of anilines is 1. The number of benzene rings is 3. The van der Waals surface area contributed by atoms with Gasteiger partial charge >= 0.3 is 0 Å². The largest absolute Gasteiger partial charge is 0.497 e. The summed E-state index contributed by atoms with van der Waals surface area (Å²) in [6.45, 7) is 3.12. The summed E-state index contributed by atoms with van der Waals surface area (Å²) in [5.41, 5.74) is 1.26. The van der Waals surface area contributed by atoms with Crippen LogP contribution < -0.4 is 14.4 Å². The molecule has 214 valence electrons. The van der Waals surface area contributed by atoms with E-state index < -0.39 is 34.3 Å². The highest BCUT2D eigenvalue weighted by atomic mass is 32.2. The quantitative estimate of drug-likeness (QED) is 0.334. The Balaban J connectivity index is 2.08. The van der Waals surface area contributed by atoms with Gasteiger partial charge in [0.25, 0.3) is 0 Å². The third-order valence-electron chi connectivity index (χ3n) is 6.56. The predicted octanol–water partition coefficient (Wildman–Crippen LogP) is 4.16. The van der Waals surface area contributed by atoms with Gasteiger partial charge in [0.1, 0.15) is 24.2 Å². The van der Waals surface area contributed by atoms with E-state index in [1.807, 2.05) is 44.2 Å². The Kier molecular flexibility index (Phi) is 10.7. The molecule has 0 saturated heterocycles. The van der Waals surface area contributed by atoms with E-state index in [0.717, 1.165) is 22.2 Å². The van der Waals surface area contributed by atoms with Crippen molar-refractivity contribution in [3.8, 4) is 5.75 Å². The number of hydrogen-bond donors (Lipinski definition) is 1. The van der Waals surface area contributed by atoms with E-state index in [-0.39, 0.29) is 30.6 Å². The third-order valence-corrected chi connectivity index (χ3v) is 7.69. The van der Waals surface area contributed by atoms with Crippen LogP contribution in [0.25, 0.3) is 0 Å². The van der Waals surface area contributed by atoms with Gasteiger partial charge in [-0.1, -0.05) is 61.5 Å². The first kappa shape index (κ1) is 30.6. The zero-order valence-electron chi connectivity index (χ0n) is 23.2. The van der Waals surface area contributed by atoms with Crippen molar-refractivity contribution in [2.24, 2.45) is 0 Å². The smallest absolute Gasteiger partial charge is 0.244 e. The van der Waals surface area contributed by atoms with Crippen LogP contribution in [-0.2, 0) is 32.6 Å². The molecule has 0 bridgehead atoms. The molecule has 2 atom stereocenters. The minimum Gasteiger partial charge on any atom is -0.497 e. The number of carbonyl (C=O) groups is 2. The van der Waals surface area contributed by atoms with Crippen LogP contribution in [0.2, 0.25) is 0 Å². The predicted molar refractivity (Wildman–Crippen MR) is 154 cm³/mol. The number of para-hydroxylation sites is 1. The molecule has 0 aromatic heterocycles. The van der Waals surface area contributed by atoms with Gasteiger partial charge in [-0.25, -0.2) is 12.8 Å². The Hall–Kier alpha value is -3.92. The van der Waals surface area contributed by atoms with Gasteiger partial charge in [-0.15, -0.1) is 0 Å². The SMILES string of the molecule is CCC(C)NC(=O)C(Cc1ccccc1)N(Cc1cccc(OC)c1)C(=O)CN(c1ccccc1F)S(C)(=O)=O. The van der Waals surface area contributed by atoms with Gasteiger partial charge in [-0.2, -0.15) is 0 Å². The molecule has 1 N–H and O–H groups in total. The summed E-state index contributed by atoms with van der Waals surface area (Å²) in [7, 11) is -2.53. The second-order valence-electron chi connectivity index (χ2n) is 9.62. The molecule has 3 aromatic rings. The van der Waals surface area contributed by atoms with Crippen molar-refractivity contribution < 1.29 is 27.1 Å². The molecule has 0 radical (unpaired) electrons. The molecule has 10 heteroatoms. The fourth-order valence-electron chi connectivity index (χ4n) is 4.21. The standard InChI is InChI=1S/C30H36FN3O5S/c1-5-22(2)32-30(36)28(19-23-12-7-6-8-13-23)33(20-24-14-11-15-25(18-24)39-3)29(35)21-34(40(4,37)38)27-17-10-9-16-26(27)31/h6-18,22,28H,5,19-21H2,1-4H3,(H,32,36). The average molecular weight is 570 g/mol. The van der Waals surface area contributed by atoms with Gasteiger partial charge in [0, 0.05) is 19.0 Å². The zero-order valence-corrected chi connectivity index (χ0v) is 24.0. The van der Waals surface area contributed by atoms with Crippen LogP contribution in [-0.4, -0.2) is 57.1 Å². The Bertz CT molecular complexity index is 1400. The topological polar surface area (TPSA) is 96.0 Å². The minimum absolute atomic E-state index is 0.00364. The Morgan fingerprint density at radius 3 is 2.25 bits per heavy atom. The number of carbonyl (C=O) groups excluding carboxylic acids is 2. The van der Waals surface area contributed by atoms with Crippen molar-refractivity contribution in [1.29, 1.82) is 0 Å². The maximum absolute atomic E-state index is 14.7. The minimum atomic E-state index is -4.06. The molecule has 0 heterocycles. The summed E-state index contributed by atoms with van der Waals surface area (Å²) in [6, 6.07) is 20.6. The first-order valence-electron chi connectivity index (χ1n) is 13.0. The lowest BCUT2D eigenvalue weighted by atomic mass is 10.0. The highest BCUT2D eigenvalue weighted by Gasteiger charge is 2.34. The lowest BCUT2D eigenvalue weighted by Crippen LogP contribution is -2.54. The first-order valence-corrected chi connectivity index (χ1v) is 14.9. The summed E-state index contributed by atoms with van der Waals surface area (Å²) in [6.07, 6.45) is 1.79. The lowest BCUT2D eigenvalue weighted by molar-refractivity contribution is -0.140. The maximum Gasteiger partial charge on any atom is 0.244 e.